The summed E-state index contributed by atoms with van der Waals surface area (Å²) in [5, 5.41) is 18.8. The van der Waals surface area contributed by atoms with Crippen LogP contribution in [0.15, 0.2) is 12.4 Å². The third kappa shape index (κ3) is 5.20. The predicted octanol–water partition coefficient (Wildman–Crippen LogP) is -0.134. The van der Waals surface area contributed by atoms with Crippen LogP contribution in [-0.4, -0.2) is 38.8 Å². The van der Waals surface area contributed by atoms with Gasteiger partial charge in [0, 0.05) is 19.0 Å². The Morgan fingerprint density at radius 2 is 2.38 bits per heavy atom. The summed E-state index contributed by atoms with van der Waals surface area (Å²) in [5.41, 5.74) is 5.78. The van der Waals surface area contributed by atoms with Crippen molar-refractivity contribution in [1.82, 2.24) is 15.2 Å². The van der Waals surface area contributed by atoms with Gasteiger partial charge in [-0.1, -0.05) is 0 Å². The minimum atomic E-state index is -0.796. The van der Waals surface area contributed by atoms with Crippen LogP contribution >= 0.6 is 0 Å². The lowest BCUT2D eigenvalue weighted by Crippen LogP contribution is -2.29. The first kappa shape index (κ1) is 12.3. The van der Waals surface area contributed by atoms with Crippen LogP contribution in [0, 0.1) is 0 Å². The van der Waals surface area contributed by atoms with Crippen LogP contribution in [-0.2, 0) is 4.79 Å². The molecule has 0 saturated carbocycles. The highest BCUT2D eigenvalue weighted by molar-refractivity contribution is 5.66. The first-order valence-electron chi connectivity index (χ1n) is 5.03. The third-order valence-corrected chi connectivity index (χ3v) is 1.97. The molecule has 0 aliphatic carbocycles. The zero-order valence-corrected chi connectivity index (χ0v) is 8.83. The molecule has 7 heteroatoms. The van der Waals surface area contributed by atoms with Crippen molar-refractivity contribution in [1.29, 1.82) is 0 Å². The molecule has 16 heavy (non-hydrogen) atoms. The van der Waals surface area contributed by atoms with Crippen molar-refractivity contribution >= 4 is 11.9 Å². The van der Waals surface area contributed by atoms with Gasteiger partial charge in [-0.2, -0.15) is 5.10 Å². The summed E-state index contributed by atoms with van der Waals surface area (Å²) in [7, 11) is 0. The summed E-state index contributed by atoms with van der Waals surface area (Å²) < 4.78 is 0. The van der Waals surface area contributed by atoms with E-state index < -0.39 is 5.97 Å². The maximum atomic E-state index is 10.3. The fourth-order valence-electron chi connectivity index (χ4n) is 1.17. The second kappa shape index (κ2) is 6.67. The van der Waals surface area contributed by atoms with Crippen molar-refractivity contribution in [2.24, 2.45) is 5.73 Å². The SMILES string of the molecule is NC(CCCC(=O)O)CNc1nccnn1. The van der Waals surface area contributed by atoms with E-state index in [1.54, 1.807) is 0 Å². The molecule has 0 aliphatic heterocycles. The number of hydrogen-bond acceptors (Lipinski definition) is 6. The van der Waals surface area contributed by atoms with Crippen LogP contribution in [0.1, 0.15) is 19.3 Å². The average molecular weight is 225 g/mol. The highest BCUT2D eigenvalue weighted by Gasteiger charge is 2.05. The standard InChI is InChI=1S/C9H15N5O2/c10-7(2-1-3-8(15)16)6-12-9-11-4-5-13-14-9/h4-5,7H,1-3,6,10H2,(H,15,16)(H,11,12,14). The number of hydrogen-bond donors (Lipinski definition) is 3. The van der Waals surface area contributed by atoms with Crippen molar-refractivity contribution in [3.8, 4) is 0 Å². The van der Waals surface area contributed by atoms with Crippen molar-refractivity contribution in [2.75, 3.05) is 11.9 Å². The van der Waals surface area contributed by atoms with E-state index in [4.69, 9.17) is 10.8 Å². The van der Waals surface area contributed by atoms with E-state index >= 15 is 0 Å². The van der Waals surface area contributed by atoms with E-state index in [2.05, 4.69) is 20.5 Å². The molecular weight excluding hydrogens is 210 g/mol. The quantitative estimate of drug-likeness (QED) is 0.592. The molecule has 0 aromatic carbocycles. The van der Waals surface area contributed by atoms with Gasteiger partial charge in [0.15, 0.2) is 0 Å². The summed E-state index contributed by atoms with van der Waals surface area (Å²) in [5.74, 6) is -0.369. The molecule has 4 N–H and O–H groups in total. The second-order valence-corrected chi connectivity index (χ2v) is 3.39. The average Bonchev–Trinajstić information content (AvgIpc) is 2.27. The summed E-state index contributed by atoms with van der Waals surface area (Å²) in [6.07, 6.45) is 4.39. The monoisotopic (exact) mass is 225 g/mol. The van der Waals surface area contributed by atoms with Gasteiger partial charge < -0.3 is 16.2 Å². The normalized spacial score (nSPS) is 12.1. The van der Waals surface area contributed by atoms with Gasteiger partial charge in [0.05, 0.1) is 12.4 Å². The number of carbonyl (C=O) groups is 1. The number of carboxylic acid groups (broad SMARTS) is 1. The Morgan fingerprint density at radius 1 is 1.56 bits per heavy atom. The van der Waals surface area contributed by atoms with Gasteiger partial charge in [-0.05, 0) is 12.8 Å². The number of anilines is 1. The molecule has 0 spiro atoms. The van der Waals surface area contributed by atoms with Gasteiger partial charge in [0.1, 0.15) is 0 Å². The fourth-order valence-corrected chi connectivity index (χ4v) is 1.17. The Labute approximate surface area is 93.1 Å². The zero-order chi connectivity index (χ0) is 11.8. The van der Waals surface area contributed by atoms with Crippen LogP contribution in [0.5, 0.6) is 0 Å². The Balaban J connectivity index is 2.15. The minimum absolute atomic E-state index is 0.108. The highest BCUT2D eigenvalue weighted by Crippen LogP contribution is 2.00. The van der Waals surface area contributed by atoms with E-state index in [0.717, 1.165) is 0 Å². The maximum absolute atomic E-state index is 10.3. The smallest absolute Gasteiger partial charge is 0.303 e. The van der Waals surface area contributed by atoms with Crippen molar-refractivity contribution in [2.45, 2.75) is 25.3 Å². The lowest BCUT2D eigenvalue weighted by Gasteiger charge is -2.11. The second-order valence-electron chi connectivity index (χ2n) is 3.39. The lowest BCUT2D eigenvalue weighted by atomic mass is 10.1. The van der Waals surface area contributed by atoms with Crippen LogP contribution in [0.4, 0.5) is 5.95 Å². The fraction of sp³-hybridized carbons (Fsp3) is 0.556. The van der Waals surface area contributed by atoms with E-state index in [1.165, 1.54) is 12.4 Å². The van der Waals surface area contributed by atoms with Gasteiger partial charge in [-0.15, -0.1) is 5.10 Å². The Bertz CT molecular complexity index is 319. The molecule has 0 aliphatic rings. The molecule has 0 amide bonds. The Kier molecular flexibility index (Phi) is 5.13. The van der Waals surface area contributed by atoms with Crippen LogP contribution in [0.2, 0.25) is 0 Å². The zero-order valence-electron chi connectivity index (χ0n) is 8.83. The number of aromatic nitrogens is 3. The molecule has 1 rings (SSSR count). The van der Waals surface area contributed by atoms with Crippen molar-refractivity contribution in [3.63, 3.8) is 0 Å². The largest absolute Gasteiger partial charge is 0.481 e. The first-order valence-corrected chi connectivity index (χ1v) is 5.03. The summed E-state index contributed by atoms with van der Waals surface area (Å²) in [4.78, 5) is 14.2. The summed E-state index contributed by atoms with van der Waals surface area (Å²) in [6.45, 7) is 0.505. The third-order valence-electron chi connectivity index (χ3n) is 1.97. The van der Waals surface area contributed by atoms with E-state index in [9.17, 15) is 4.79 Å². The van der Waals surface area contributed by atoms with E-state index in [1.807, 2.05) is 0 Å². The van der Waals surface area contributed by atoms with Crippen molar-refractivity contribution < 1.29 is 9.90 Å². The molecule has 88 valence electrons. The van der Waals surface area contributed by atoms with Gasteiger partial charge in [0.25, 0.3) is 0 Å². The molecule has 0 radical (unpaired) electrons. The topological polar surface area (TPSA) is 114 Å². The number of aliphatic carboxylic acids is 1. The first-order chi connectivity index (χ1) is 7.68. The molecule has 1 aromatic heterocycles. The number of carboxylic acids is 1. The van der Waals surface area contributed by atoms with Crippen LogP contribution in [0.25, 0.3) is 0 Å². The molecule has 1 unspecified atom stereocenters. The van der Waals surface area contributed by atoms with Gasteiger partial charge in [-0.3, -0.25) is 4.79 Å². The molecule has 7 nitrogen and oxygen atoms in total. The molecule has 1 atom stereocenters. The minimum Gasteiger partial charge on any atom is -0.481 e. The molecule has 1 aromatic rings. The lowest BCUT2D eigenvalue weighted by molar-refractivity contribution is -0.137. The highest BCUT2D eigenvalue weighted by atomic mass is 16.4. The van der Waals surface area contributed by atoms with Crippen molar-refractivity contribution in [3.05, 3.63) is 12.4 Å². The summed E-state index contributed by atoms with van der Waals surface area (Å²) in [6, 6.07) is -0.108. The number of nitrogens with one attached hydrogen (secondary N) is 1. The van der Waals surface area contributed by atoms with Crippen LogP contribution in [0.3, 0.4) is 0 Å². The summed E-state index contributed by atoms with van der Waals surface area (Å²) >= 11 is 0. The maximum Gasteiger partial charge on any atom is 0.303 e. The van der Waals surface area contributed by atoms with E-state index in [-0.39, 0.29) is 12.5 Å². The van der Waals surface area contributed by atoms with Gasteiger partial charge >= 0.3 is 5.97 Å². The number of rotatable bonds is 7. The Morgan fingerprint density at radius 3 is 3.00 bits per heavy atom. The molecule has 1 heterocycles. The molecule has 0 fully saturated rings. The van der Waals surface area contributed by atoms with Gasteiger partial charge in [-0.25, -0.2) is 4.98 Å². The van der Waals surface area contributed by atoms with Gasteiger partial charge in [0.2, 0.25) is 5.95 Å². The molecule has 0 saturated heterocycles. The predicted molar refractivity (Wildman–Crippen MR) is 57.8 cm³/mol. The van der Waals surface area contributed by atoms with E-state index in [0.29, 0.717) is 25.3 Å². The molecule has 0 bridgehead atoms. The Hall–Kier alpha value is -1.76. The molecular formula is C9H15N5O2. The number of nitrogens with zero attached hydrogens (tertiary/aromatic N) is 3. The van der Waals surface area contributed by atoms with Crippen LogP contribution < -0.4 is 11.1 Å². The number of nitrogens with two attached hydrogens (primary N) is 1.